The highest BCUT2D eigenvalue weighted by atomic mass is 16.5. The lowest BCUT2D eigenvalue weighted by atomic mass is 9.97. The molecule has 0 amide bonds. The summed E-state index contributed by atoms with van der Waals surface area (Å²) in [6, 6.07) is 0. The molecule has 0 N–H and O–H groups in total. The van der Waals surface area contributed by atoms with Gasteiger partial charge in [-0.3, -0.25) is 4.79 Å². The Hall–Kier alpha value is -0.530. The summed E-state index contributed by atoms with van der Waals surface area (Å²) in [6.45, 7) is 1.17. The first-order valence-corrected chi connectivity index (χ1v) is 4.98. The molecule has 2 nitrogen and oxygen atoms in total. The van der Waals surface area contributed by atoms with Crippen molar-refractivity contribution in [3.05, 3.63) is 0 Å². The molecule has 0 aromatic carbocycles. The van der Waals surface area contributed by atoms with E-state index in [1.165, 1.54) is 38.5 Å². The lowest BCUT2D eigenvalue weighted by molar-refractivity contribution is -0.129. The lowest BCUT2D eigenvalue weighted by Gasteiger charge is -2.11. The number of hydrogen-bond donors (Lipinski definition) is 0. The monoisotopic (exact) mass is 170 g/mol. The van der Waals surface area contributed by atoms with Gasteiger partial charge in [0, 0.05) is 0 Å². The van der Waals surface area contributed by atoms with E-state index in [4.69, 9.17) is 4.74 Å². The number of carbonyl (C=O) groups excluding carboxylic acids is 1. The minimum atomic E-state index is 0.552. The highest BCUT2D eigenvalue weighted by molar-refractivity contribution is 5.36. The molecule has 1 aliphatic carbocycles. The third kappa shape index (κ3) is 3.74. The van der Waals surface area contributed by atoms with E-state index in [-0.39, 0.29) is 0 Å². The second kappa shape index (κ2) is 6.04. The Morgan fingerprint density at radius 2 is 1.83 bits per heavy atom. The summed E-state index contributed by atoms with van der Waals surface area (Å²) in [7, 11) is 0. The van der Waals surface area contributed by atoms with Crippen LogP contribution in [-0.4, -0.2) is 13.1 Å². The zero-order valence-corrected chi connectivity index (χ0v) is 7.63. The Morgan fingerprint density at radius 1 is 1.17 bits per heavy atom. The fraction of sp³-hybridized carbons (Fsp3) is 0.900. The molecule has 0 aromatic rings. The van der Waals surface area contributed by atoms with E-state index >= 15 is 0 Å². The Bertz CT molecular complexity index is 115. The third-order valence-corrected chi connectivity index (χ3v) is 2.69. The van der Waals surface area contributed by atoms with Crippen molar-refractivity contribution in [1.29, 1.82) is 0 Å². The van der Waals surface area contributed by atoms with Crippen molar-refractivity contribution in [2.75, 3.05) is 6.61 Å². The van der Waals surface area contributed by atoms with E-state index in [0.717, 1.165) is 12.3 Å². The van der Waals surface area contributed by atoms with E-state index in [2.05, 4.69) is 0 Å². The van der Waals surface area contributed by atoms with E-state index in [1.807, 2.05) is 0 Å². The van der Waals surface area contributed by atoms with Crippen LogP contribution < -0.4 is 0 Å². The van der Waals surface area contributed by atoms with Crippen molar-refractivity contribution in [2.24, 2.45) is 5.92 Å². The third-order valence-electron chi connectivity index (χ3n) is 2.69. The molecule has 0 radical (unpaired) electrons. The van der Waals surface area contributed by atoms with Crippen molar-refractivity contribution in [2.45, 2.75) is 44.9 Å². The summed E-state index contributed by atoms with van der Waals surface area (Å²) in [5, 5.41) is 0. The van der Waals surface area contributed by atoms with E-state index < -0.39 is 0 Å². The van der Waals surface area contributed by atoms with Crippen molar-refractivity contribution in [1.82, 2.24) is 0 Å². The van der Waals surface area contributed by atoms with Crippen LogP contribution in [0.1, 0.15) is 44.9 Å². The molecule has 0 atom stereocenters. The van der Waals surface area contributed by atoms with Crippen LogP contribution in [0.5, 0.6) is 0 Å². The van der Waals surface area contributed by atoms with Crippen molar-refractivity contribution >= 4 is 6.47 Å². The smallest absolute Gasteiger partial charge is 0.293 e. The maximum absolute atomic E-state index is 9.89. The molecule has 0 aliphatic heterocycles. The summed E-state index contributed by atoms with van der Waals surface area (Å²) in [6.07, 6.45) is 9.26. The number of rotatable bonds is 4. The van der Waals surface area contributed by atoms with E-state index in [9.17, 15) is 4.79 Å². The van der Waals surface area contributed by atoms with Gasteiger partial charge >= 0.3 is 0 Å². The molecule has 0 spiro atoms. The predicted octanol–water partition coefficient (Wildman–Crippen LogP) is 2.52. The van der Waals surface area contributed by atoms with Crippen LogP contribution in [0.25, 0.3) is 0 Å². The normalized spacial score (nSPS) is 20.0. The molecule has 1 saturated carbocycles. The lowest BCUT2D eigenvalue weighted by Crippen LogP contribution is -2.03. The maximum atomic E-state index is 9.89. The van der Waals surface area contributed by atoms with Crippen LogP contribution in [0.4, 0.5) is 0 Å². The van der Waals surface area contributed by atoms with E-state index in [0.29, 0.717) is 13.1 Å². The molecule has 0 bridgehead atoms. The number of carbonyl (C=O) groups is 1. The van der Waals surface area contributed by atoms with Gasteiger partial charge in [-0.1, -0.05) is 38.5 Å². The zero-order chi connectivity index (χ0) is 8.65. The molecule has 12 heavy (non-hydrogen) atoms. The van der Waals surface area contributed by atoms with Crippen LogP contribution >= 0.6 is 0 Å². The van der Waals surface area contributed by atoms with Gasteiger partial charge in [0.1, 0.15) is 0 Å². The second-order valence-electron chi connectivity index (χ2n) is 3.61. The Labute approximate surface area is 74.3 Å². The van der Waals surface area contributed by atoms with Gasteiger partial charge in [-0.2, -0.15) is 0 Å². The first-order chi connectivity index (χ1) is 5.93. The standard InChI is InChI=1S/C10H18O2/c11-9-12-8-7-10-5-3-1-2-4-6-10/h9-10H,1-8H2. The van der Waals surface area contributed by atoms with Gasteiger partial charge in [0.2, 0.25) is 0 Å². The molecule has 2 heteroatoms. The van der Waals surface area contributed by atoms with Gasteiger partial charge in [-0.25, -0.2) is 0 Å². The molecule has 0 heterocycles. The van der Waals surface area contributed by atoms with Gasteiger partial charge in [-0.05, 0) is 12.3 Å². The molecule has 0 unspecified atom stereocenters. The van der Waals surface area contributed by atoms with Crippen molar-refractivity contribution in [3.8, 4) is 0 Å². The molecule has 0 saturated heterocycles. The van der Waals surface area contributed by atoms with E-state index in [1.54, 1.807) is 0 Å². The quantitative estimate of drug-likeness (QED) is 0.368. The number of ether oxygens (including phenoxy) is 1. The number of hydrogen-bond acceptors (Lipinski definition) is 2. The summed E-state index contributed by atoms with van der Waals surface area (Å²) in [4.78, 5) is 9.89. The van der Waals surface area contributed by atoms with Crippen LogP contribution in [0, 0.1) is 5.92 Å². The minimum Gasteiger partial charge on any atom is -0.468 e. The largest absolute Gasteiger partial charge is 0.468 e. The summed E-state index contributed by atoms with van der Waals surface area (Å²) in [5.74, 6) is 0.812. The fourth-order valence-corrected chi connectivity index (χ4v) is 1.94. The van der Waals surface area contributed by atoms with Crippen LogP contribution in [0.3, 0.4) is 0 Å². The molecule has 70 valence electrons. The van der Waals surface area contributed by atoms with Crippen molar-refractivity contribution < 1.29 is 9.53 Å². The second-order valence-corrected chi connectivity index (χ2v) is 3.61. The average Bonchev–Trinajstić information content (AvgIpc) is 2.33. The maximum Gasteiger partial charge on any atom is 0.293 e. The SMILES string of the molecule is O=COCCC1CCCCCC1. The highest BCUT2D eigenvalue weighted by Crippen LogP contribution is 2.24. The van der Waals surface area contributed by atoms with Crippen molar-refractivity contribution in [3.63, 3.8) is 0 Å². The minimum absolute atomic E-state index is 0.552. The zero-order valence-electron chi connectivity index (χ0n) is 7.63. The van der Waals surface area contributed by atoms with Gasteiger partial charge in [0.15, 0.2) is 0 Å². The summed E-state index contributed by atoms with van der Waals surface area (Å²) >= 11 is 0. The molecular weight excluding hydrogens is 152 g/mol. The Kier molecular flexibility index (Phi) is 4.81. The topological polar surface area (TPSA) is 26.3 Å². The molecule has 1 rings (SSSR count). The van der Waals surface area contributed by atoms with Gasteiger partial charge in [0.25, 0.3) is 6.47 Å². The van der Waals surface area contributed by atoms with Crippen LogP contribution in [0.2, 0.25) is 0 Å². The molecular formula is C10H18O2. The molecule has 1 aliphatic rings. The highest BCUT2D eigenvalue weighted by Gasteiger charge is 2.11. The first kappa shape index (κ1) is 9.56. The summed E-state index contributed by atoms with van der Waals surface area (Å²) in [5.41, 5.74) is 0. The van der Waals surface area contributed by atoms with Gasteiger partial charge < -0.3 is 4.74 Å². The Balaban J connectivity index is 2.07. The van der Waals surface area contributed by atoms with Gasteiger partial charge in [0.05, 0.1) is 6.61 Å². The van der Waals surface area contributed by atoms with Gasteiger partial charge in [-0.15, -0.1) is 0 Å². The van der Waals surface area contributed by atoms with Crippen LogP contribution in [0.15, 0.2) is 0 Å². The predicted molar refractivity (Wildman–Crippen MR) is 47.8 cm³/mol. The molecule has 1 fully saturated rings. The Morgan fingerprint density at radius 3 is 2.42 bits per heavy atom. The van der Waals surface area contributed by atoms with Crippen LogP contribution in [-0.2, 0) is 9.53 Å². The summed E-state index contributed by atoms with van der Waals surface area (Å²) < 4.78 is 4.70. The molecule has 0 aromatic heterocycles. The first-order valence-electron chi connectivity index (χ1n) is 4.98. The average molecular weight is 170 g/mol. The fourth-order valence-electron chi connectivity index (χ4n) is 1.94.